The highest BCUT2D eigenvalue weighted by Gasteiger charge is 2.21. The van der Waals surface area contributed by atoms with E-state index in [2.05, 4.69) is 10.00 Å². The summed E-state index contributed by atoms with van der Waals surface area (Å²) in [5, 5.41) is 4.17. The van der Waals surface area contributed by atoms with Crippen molar-refractivity contribution in [3.05, 3.63) is 22.6 Å². The topological polar surface area (TPSA) is 64.4 Å². The normalized spacial score (nSPS) is 17.8. The van der Waals surface area contributed by atoms with Crippen molar-refractivity contribution in [2.75, 3.05) is 25.1 Å². The molecular weight excluding hydrogens is 270 g/mol. The summed E-state index contributed by atoms with van der Waals surface area (Å²) < 4.78 is 6.60. The maximum atomic E-state index is 12.2. The minimum atomic E-state index is -0.504. The molecule has 1 fully saturated rings. The molecule has 1 aliphatic rings. The molecule has 2 rings (SSSR count). The smallest absolute Gasteiger partial charge is 0.269 e. The Bertz CT molecular complexity index is 547. The van der Waals surface area contributed by atoms with Crippen LogP contribution in [0.3, 0.4) is 0 Å². The maximum absolute atomic E-state index is 12.2. The molecule has 6 nitrogen and oxygen atoms in total. The molecule has 116 valence electrons. The number of Topliss-reactive ketones (excluding diaryl/α,β-unsaturated/α-hetero) is 1. The van der Waals surface area contributed by atoms with Crippen molar-refractivity contribution >= 4 is 11.5 Å². The van der Waals surface area contributed by atoms with Gasteiger partial charge in [0.15, 0.2) is 5.78 Å². The van der Waals surface area contributed by atoms with Crippen LogP contribution in [0.2, 0.25) is 0 Å². The largest absolute Gasteiger partial charge is 0.381 e. The standard InChI is InChI=1S/C15H23N3O3/c1-4-14(19)11(2)18-15(20)9-12(10-16-18)17-7-5-13(21-3)6-8-17/h9-11,13H,4-8H2,1-3H3. The Morgan fingerprint density at radius 3 is 2.67 bits per heavy atom. The third-order valence-corrected chi connectivity index (χ3v) is 4.13. The molecule has 6 heteroatoms. The number of carbonyl (C=O) groups excluding carboxylic acids is 1. The summed E-state index contributed by atoms with van der Waals surface area (Å²) in [7, 11) is 1.73. The number of carbonyl (C=O) groups is 1. The summed E-state index contributed by atoms with van der Waals surface area (Å²) in [5.41, 5.74) is 0.595. The lowest BCUT2D eigenvalue weighted by Gasteiger charge is -2.32. The van der Waals surface area contributed by atoms with Gasteiger partial charge in [0, 0.05) is 32.7 Å². The van der Waals surface area contributed by atoms with E-state index >= 15 is 0 Å². The molecule has 0 spiro atoms. The number of nitrogens with zero attached hydrogens (tertiary/aromatic N) is 3. The van der Waals surface area contributed by atoms with E-state index in [-0.39, 0.29) is 11.3 Å². The van der Waals surface area contributed by atoms with Gasteiger partial charge in [-0.05, 0) is 19.8 Å². The van der Waals surface area contributed by atoms with Crippen molar-refractivity contribution in [1.29, 1.82) is 0 Å². The molecule has 0 amide bonds. The number of aromatic nitrogens is 2. The Balaban J connectivity index is 2.13. The molecule has 1 atom stereocenters. The monoisotopic (exact) mass is 293 g/mol. The van der Waals surface area contributed by atoms with Crippen LogP contribution < -0.4 is 10.5 Å². The van der Waals surface area contributed by atoms with Crippen LogP contribution in [0.25, 0.3) is 0 Å². The Hall–Kier alpha value is -1.69. The molecule has 1 aromatic rings. The predicted octanol–water partition coefficient (Wildman–Crippen LogP) is 1.40. The Labute approximate surface area is 124 Å². The second-order valence-corrected chi connectivity index (χ2v) is 5.41. The highest BCUT2D eigenvalue weighted by molar-refractivity contribution is 5.81. The van der Waals surface area contributed by atoms with E-state index in [1.807, 2.05) is 0 Å². The van der Waals surface area contributed by atoms with Crippen molar-refractivity contribution in [2.45, 2.75) is 45.3 Å². The Morgan fingerprint density at radius 1 is 1.48 bits per heavy atom. The van der Waals surface area contributed by atoms with Crippen molar-refractivity contribution in [2.24, 2.45) is 0 Å². The van der Waals surface area contributed by atoms with Crippen LogP contribution in [0.1, 0.15) is 39.2 Å². The highest BCUT2D eigenvalue weighted by Crippen LogP contribution is 2.19. The Kier molecular flexibility index (Phi) is 5.12. The molecule has 0 radical (unpaired) electrons. The number of hydrogen-bond donors (Lipinski definition) is 0. The summed E-state index contributed by atoms with van der Waals surface area (Å²) in [6.07, 6.45) is 4.28. The van der Waals surface area contributed by atoms with Gasteiger partial charge in [-0.1, -0.05) is 6.92 Å². The van der Waals surface area contributed by atoms with Crippen LogP contribution in [0, 0.1) is 0 Å². The molecule has 1 saturated heterocycles. The fraction of sp³-hybridized carbons (Fsp3) is 0.667. The molecule has 1 aliphatic heterocycles. The fourth-order valence-corrected chi connectivity index (χ4v) is 2.65. The summed E-state index contributed by atoms with van der Waals surface area (Å²) >= 11 is 0. The van der Waals surface area contributed by atoms with E-state index in [9.17, 15) is 9.59 Å². The first-order chi connectivity index (χ1) is 10.1. The molecule has 0 N–H and O–H groups in total. The van der Waals surface area contributed by atoms with Crippen molar-refractivity contribution in [3.8, 4) is 0 Å². The maximum Gasteiger partial charge on any atom is 0.269 e. The molecule has 0 saturated carbocycles. The van der Waals surface area contributed by atoms with E-state index in [4.69, 9.17) is 4.74 Å². The van der Waals surface area contributed by atoms with Crippen molar-refractivity contribution in [3.63, 3.8) is 0 Å². The van der Waals surface area contributed by atoms with Crippen LogP contribution >= 0.6 is 0 Å². The van der Waals surface area contributed by atoms with Crippen molar-refractivity contribution < 1.29 is 9.53 Å². The zero-order valence-corrected chi connectivity index (χ0v) is 12.9. The predicted molar refractivity (Wildman–Crippen MR) is 80.8 cm³/mol. The van der Waals surface area contributed by atoms with Crippen LogP contribution in [0.5, 0.6) is 0 Å². The quantitative estimate of drug-likeness (QED) is 0.821. The van der Waals surface area contributed by atoms with E-state index in [1.165, 1.54) is 4.68 Å². The summed E-state index contributed by atoms with van der Waals surface area (Å²) in [5.74, 6) is 0.0123. The average Bonchev–Trinajstić information content (AvgIpc) is 2.53. The lowest BCUT2D eigenvalue weighted by atomic mass is 10.1. The molecule has 21 heavy (non-hydrogen) atoms. The van der Waals surface area contributed by atoms with Gasteiger partial charge >= 0.3 is 0 Å². The second kappa shape index (κ2) is 6.85. The SMILES string of the molecule is CCC(=O)C(C)n1ncc(N2CCC(OC)CC2)cc1=O. The summed E-state index contributed by atoms with van der Waals surface area (Å²) in [4.78, 5) is 26.0. The molecule has 0 bridgehead atoms. The number of rotatable bonds is 5. The van der Waals surface area contributed by atoms with E-state index < -0.39 is 6.04 Å². The number of hydrogen-bond acceptors (Lipinski definition) is 5. The highest BCUT2D eigenvalue weighted by atomic mass is 16.5. The van der Waals surface area contributed by atoms with E-state index in [0.29, 0.717) is 12.5 Å². The van der Waals surface area contributed by atoms with Gasteiger partial charge in [-0.15, -0.1) is 0 Å². The minimum absolute atomic E-state index is 0.0123. The lowest BCUT2D eigenvalue weighted by molar-refractivity contribution is -0.121. The average molecular weight is 293 g/mol. The lowest BCUT2D eigenvalue weighted by Crippen LogP contribution is -2.38. The zero-order chi connectivity index (χ0) is 15.4. The van der Waals surface area contributed by atoms with Gasteiger partial charge in [0.1, 0.15) is 6.04 Å². The summed E-state index contributed by atoms with van der Waals surface area (Å²) in [6, 6.07) is 1.07. The number of ketones is 1. The van der Waals surface area contributed by atoms with Gasteiger partial charge in [0.25, 0.3) is 5.56 Å². The van der Waals surface area contributed by atoms with Gasteiger partial charge in [-0.3, -0.25) is 9.59 Å². The minimum Gasteiger partial charge on any atom is -0.381 e. The third-order valence-electron chi connectivity index (χ3n) is 4.13. The van der Waals surface area contributed by atoms with Gasteiger partial charge in [-0.25, -0.2) is 4.68 Å². The van der Waals surface area contributed by atoms with E-state index in [0.717, 1.165) is 31.6 Å². The number of ether oxygens (including phenoxy) is 1. The van der Waals surface area contributed by atoms with Crippen LogP contribution in [-0.4, -0.2) is 41.9 Å². The van der Waals surface area contributed by atoms with Crippen LogP contribution in [0.4, 0.5) is 5.69 Å². The molecule has 0 aromatic carbocycles. The molecule has 1 aromatic heterocycles. The number of piperidine rings is 1. The second-order valence-electron chi connectivity index (χ2n) is 5.41. The van der Waals surface area contributed by atoms with Gasteiger partial charge in [-0.2, -0.15) is 5.10 Å². The van der Waals surface area contributed by atoms with Gasteiger partial charge in [0.05, 0.1) is 18.0 Å². The van der Waals surface area contributed by atoms with Gasteiger partial charge < -0.3 is 9.64 Å². The van der Waals surface area contributed by atoms with Crippen LogP contribution in [-0.2, 0) is 9.53 Å². The van der Waals surface area contributed by atoms with E-state index in [1.54, 1.807) is 33.2 Å². The Morgan fingerprint density at radius 2 is 2.14 bits per heavy atom. The van der Waals surface area contributed by atoms with Crippen LogP contribution in [0.15, 0.2) is 17.1 Å². The van der Waals surface area contributed by atoms with Crippen molar-refractivity contribution in [1.82, 2.24) is 9.78 Å². The third kappa shape index (κ3) is 3.50. The molecular formula is C15H23N3O3. The first-order valence-corrected chi connectivity index (χ1v) is 7.46. The fourth-order valence-electron chi connectivity index (χ4n) is 2.65. The number of methoxy groups -OCH3 is 1. The molecule has 2 heterocycles. The molecule has 0 aliphatic carbocycles. The zero-order valence-electron chi connectivity index (χ0n) is 12.9. The summed E-state index contributed by atoms with van der Waals surface area (Å²) in [6.45, 7) is 5.21. The molecule has 1 unspecified atom stereocenters. The number of anilines is 1. The first kappa shape index (κ1) is 15.7. The first-order valence-electron chi connectivity index (χ1n) is 7.46. The van der Waals surface area contributed by atoms with Gasteiger partial charge in [0.2, 0.25) is 0 Å².